The lowest BCUT2D eigenvalue weighted by atomic mass is 10.1. The highest BCUT2D eigenvalue weighted by atomic mass is 79.9. The van der Waals surface area contributed by atoms with Crippen LogP contribution in [0.15, 0.2) is 40.9 Å². The van der Waals surface area contributed by atoms with Crippen LogP contribution < -0.4 is 11.1 Å². The number of carbonyl (C=O) groups is 1. The summed E-state index contributed by atoms with van der Waals surface area (Å²) in [4.78, 5) is 12.3. The van der Waals surface area contributed by atoms with Gasteiger partial charge < -0.3 is 11.1 Å². The van der Waals surface area contributed by atoms with Gasteiger partial charge in [-0.3, -0.25) is 4.79 Å². The third kappa shape index (κ3) is 2.96. The Hall–Kier alpha value is -1.81. The van der Waals surface area contributed by atoms with Crippen LogP contribution in [0, 0.1) is 13.8 Å². The van der Waals surface area contributed by atoms with Gasteiger partial charge in [-0.05, 0) is 43.2 Å². The second kappa shape index (κ2) is 5.45. The Kier molecular flexibility index (Phi) is 3.90. The predicted octanol–water partition coefficient (Wildman–Crippen LogP) is 3.90. The van der Waals surface area contributed by atoms with Gasteiger partial charge in [0.2, 0.25) is 0 Å². The molecule has 0 aliphatic heterocycles. The van der Waals surface area contributed by atoms with Crippen molar-refractivity contribution in [2.24, 2.45) is 0 Å². The van der Waals surface area contributed by atoms with E-state index in [4.69, 9.17) is 5.73 Å². The van der Waals surface area contributed by atoms with Gasteiger partial charge in [0.1, 0.15) is 0 Å². The van der Waals surface area contributed by atoms with Crippen LogP contribution in [0.5, 0.6) is 0 Å². The molecule has 0 atom stereocenters. The maximum atomic E-state index is 12.3. The van der Waals surface area contributed by atoms with Gasteiger partial charge in [-0.2, -0.15) is 0 Å². The number of nitrogen functional groups attached to an aromatic ring is 1. The monoisotopic (exact) mass is 318 g/mol. The number of hydrogen-bond donors (Lipinski definition) is 2. The fraction of sp³-hybridized carbons (Fsp3) is 0.133. The summed E-state index contributed by atoms with van der Waals surface area (Å²) in [5, 5.41) is 2.91. The third-order valence-corrected chi connectivity index (χ3v) is 3.51. The average molecular weight is 319 g/mol. The molecule has 0 aromatic heterocycles. The molecule has 0 unspecified atom stereocenters. The molecule has 0 radical (unpaired) electrons. The van der Waals surface area contributed by atoms with Gasteiger partial charge in [0, 0.05) is 21.4 Å². The number of anilines is 2. The van der Waals surface area contributed by atoms with Gasteiger partial charge in [-0.25, -0.2) is 0 Å². The number of para-hydroxylation sites is 1. The topological polar surface area (TPSA) is 55.1 Å². The van der Waals surface area contributed by atoms with Crippen LogP contribution >= 0.6 is 15.9 Å². The molecular formula is C15H15BrN2O. The van der Waals surface area contributed by atoms with E-state index in [1.54, 1.807) is 12.1 Å². The Balaban J connectivity index is 2.33. The van der Waals surface area contributed by atoms with Crippen LogP contribution in [-0.2, 0) is 0 Å². The Morgan fingerprint density at radius 1 is 1.21 bits per heavy atom. The Morgan fingerprint density at radius 2 is 1.89 bits per heavy atom. The summed E-state index contributed by atoms with van der Waals surface area (Å²) < 4.78 is 0.797. The molecule has 0 saturated carbocycles. The summed E-state index contributed by atoms with van der Waals surface area (Å²) in [7, 11) is 0. The minimum atomic E-state index is -0.153. The highest BCUT2D eigenvalue weighted by Crippen LogP contribution is 2.24. The molecule has 4 heteroatoms. The van der Waals surface area contributed by atoms with E-state index in [1.807, 2.05) is 38.1 Å². The van der Waals surface area contributed by atoms with E-state index in [-0.39, 0.29) is 5.91 Å². The molecule has 3 N–H and O–H groups in total. The molecule has 0 fully saturated rings. The van der Waals surface area contributed by atoms with Crippen LogP contribution in [0.3, 0.4) is 0 Å². The van der Waals surface area contributed by atoms with E-state index in [2.05, 4.69) is 21.2 Å². The second-order valence-electron chi connectivity index (χ2n) is 4.44. The van der Waals surface area contributed by atoms with Crippen molar-refractivity contribution in [2.45, 2.75) is 13.8 Å². The SMILES string of the molecule is Cc1ccccc1NC(=O)c1cc(Br)cc(N)c1C. The first kappa shape index (κ1) is 13.6. The number of halogens is 1. The fourth-order valence-corrected chi connectivity index (χ4v) is 2.31. The minimum Gasteiger partial charge on any atom is -0.398 e. The highest BCUT2D eigenvalue weighted by Gasteiger charge is 2.13. The lowest BCUT2D eigenvalue weighted by Gasteiger charge is -2.11. The Bertz CT molecular complexity index is 638. The van der Waals surface area contributed by atoms with Crippen molar-refractivity contribution in [2.75, 3.05) is 11.1 Å². The lowest BCUT2D eigenvalue weighted by Crippen LogP contribution is -2.15. The first-order valence-corrected chi connectivity index (χ1v) is 6.71. The molecule has 0 spiro atoms. The first-order chi connectivity index (χ1) is 8.99. The van der Waals surface area contributed by atoms with Crippen molar-refractivity contribution in [1.29, 1.82) is 0 Å². The normalized spacial score (nSPS) is 10.3. The predicted molar refractivity (Wildman–Crippen MR) is 82.4 cm³/mol. The van der Waals surface area contributed by atoms with Crippen LogP contribution in [-0.4, -0.2) is 5.91 Å². The number of nitrogens with two attached hydrogens (primary N) is 1. The first-order valence-electron chi connectivity index (χ1n) is 5.91. The van der Waals surface area contributed by atoms with Crippen molar-refractivity contribution < 1.29 is 4.79 Å². The number of hydrogen-bond acceptors (Lipinski definition) is 2. The van der Waals surface area contributed by atoms with E-state index >= 15 is 0 Å². The second-order valence-corrected chi connectivity index (χ2v) is 5.35. The van der Waals surface area contributed by atoms with Crippen molar-refractivity contribution in [1.82, 2.24) is 0 Å². The Labute approximate surface area is 121 Å². The highest BCUT2D eigenvalue weighted by molar-refractivity contribution is 9.10. The van der Waals surface area contributed by atoms with Crippen LogP contribution in [0.4, 0.5) is 11.4 Å². The summed E-state index contributed by atoms with van der Waals surface area (Å²) in [6.45, 7) is 3.80. The molecule has 3 nitrogen and oxygen atoms in total. The zero-order valence-electron chi connectivity index (χ0n) is 10.8. The van der Waals surface area contributed by atoms with Gasteiger partial charge >= 0.3 is 0 Å². The van der Waals surface area contributed by atoms with E-state index in [9.17, 15) is 4.79 Å². The molecule has 2 aromatic carbocycles. The molecule has 2 aromatic rings. The van der Waals surface area contributed by atoms with Gasteiger partial charge in [-0.1, -0.05) is 34.1 Å². The third-order valence-electron chi connectivity index (χ3n) is 3.05. The fourth-order valence-electron chi connectivity index (χ4n) is 1.84. The number of carbonyl (C=O) groups excluding carboxylic acids is 1. The summed E-state index contributed by atoms with van der Waals surface area (Å²) in [6.07, 6.45) is 0. The summed E-state index contributed by atoms with van der Waals surface area (Å²) >= 11 is 3.36. The van der Waals surface area contributed by atoms with Crippen LogP contribution in [0.2, 0.25) is 0 Å². The molecule has 98 valence electrons. The molecule has 1 amide bonds. The molecule has 0 saturated heterocycles. The standard InChI is InChI=1S/C15H15BrN2O/c1-9-5-3-4-6-14(9)18-15(19)12-7-11(16)8-13(17)10(12)2/h3-8H,17H2,1-2H3,(H,18,19). The zero-order chi connectivity index (χ0) is 14.0. The van der Waals surface area contributed by atoms with Crippen molar-refractivity contribution in [3.8, 4) is 0 Å². The number of amides is 1. The minimum absolute atomic E-state index is 0.153. The molecule has 19 heavy (non-hydrogen) atoms. The lowest BCUT2D eigenvalue weighted by molar-refractivity contribution is 0.102. The van der Waals surface area contributed by atoms with E-state index in [0.717, 1.165) is 21.3 Å². The van der Waals surface area contributed by atoms with Crippen LogP contribution in [0.1, 0.15) is 21.5 Å². The van der Waals surface area contributed by atoms with Crippen molar-refractivity contribution >= 4 is 33.2 Å². The van der Waals surface area contributed by atoms with Gasteiger partial charge in [0.15, 0.2) is 0 Å². The maximum absolute atomic E-state index is 12.3. The molecule has 0 aliphatic carbocycles. The number of aryl methyl sites for hydroxylation is 1. The largest absolute Gasteiger partial charge is 0.398 e. The molecule has 2 rings (SSSR count). The zero-order valence-corrected chi connectivity index (χ0v) is 12.4. The average Bonchev–Trinajstić information content (AvgIpc) is 2.36. The van der Waals surface area contributed by atoms with Crippen molar-refractivity contribution in [3.05, 3.63) is 57.6 Å². The summed E-state index contributed by atoms with van der Waals surface area (Å²) in [5.74, 6) is -0.153. The molecule has 0 bridgehead atoms. The maximum Gasteiger partial charge on any atom is 0.256 e. The molecular weight excluding hydrogens is 304 g/mol. The Morgan fingerprint density at radius 3 is 2.58 bits per heavy atom. The van der Waals surface area contributed by atoms with Crippen molar-refractivity contribution in [3.63, 3.8) is 0 Å². The summed E-state index contributed by atoms with van der Waals surface area (Å²) in [5.41, 5.74) is 9.67. The van der Waals surface area contributed by atoms with Crippen LogP contribution in [0.25, 0.3) is 0 Å². The quantitative estimate of drug-likeness (QED) is 0.825. The number of nitrogens with one attached hydrogen (secondary N) is 1. The number of benzene rings is 2. The van der Waals surface area contributed by atoms with E-state index in [0.29, 0.717) is 11.3 Å². The van der Waals surface area contributed by atoms with Gasteiger partial charge in [0.05, 0.1) is 0 Å². The molecule has 0 aliphatic rings. The van der Waals surface area contributed by atoms with Gasteiger partial charge in [0.25, 0.3) is 5.91 Å². The van der Waals surface area contributed by atoms with E-state index in [1.165, 1.54) is 0 Å². The summed E-state index contributed by atoms with van der Waals surface area (Å²) in [6, 6.07) is 11.2. The van der Waals surface area contributed by atoms with Gasteiger partial charge in [-0.15, -0.1) is 0 Å². The van der Waals surface area contributed by atoms with E-state index < -0.39 is 0 Å². The number of rotatable bonds is 2. The molecule has 0 heterocycles. The smallest absolute Gasteiger partial charge is 0.256 e.